The van der Waals surface area contributed by atoms with Crippen molar-refractivity contribution in [3.63, 3.8) is 0 Å². The van der Waals surface area contributed by atoms with Gasteiger partial charge in [0.25, 0.3) is 11.8 Å². The summed E-state index contributed by atoms with van der Waals surface area (Å²) in [6.07, 6.45) is 2.82. The van der Waals surface area contributed by atoms with Gasteiger partial charge in [-0.3, -0.25) is 4.79 Å². The van der Waals surface area contributed by atoms with E-state index in [1.54, 1.807) is 11.8 Å². The van der Waals surface area contributed by atoms with Crippen LogP contribution in [0.3, 0.4) is 0 Å². The number of aromatic nitrogens is 4. The summed E-state index contributed by atoms with van der Waals surface area (Å²) in [6.45, 7) is 8.95. The van der Waals surface area contributed by atoms with E-state index in [0.29, 0.717) is 29.0 Å². The molecule has 0 aliphatic carbocycles. The average molecular weight is 396 g/mol. The average Bonchev–Trinajstić information content (AvgIpc) is 3.32. The topological polar surface area (TPSA) is 77.1 Å². The fourth-order valence-electron chi connectivity index (χ4n) is 3.19. The SMILES string of the molecule is CCCN(C)C(=O)c1cccc(-n2nc(-c3nnc(C)o3)cc2CCC(C)C)c1. The number of aryl methyl sites for hydroxylation is 2. The predicted octanol–water partition coefficient (Wildman–Crippen LogP) is 4.30. The first-order chi connectivity index (χ1) is 13.9. The highest BCUT2D eigenvalue weighted by molar-refractivity contribution is 5.94. The quantitative estimate of drug-likeness (QED) is 0.568. The van der Waals surface area contributed by atoms with E-state index < -0.39 is 0 Å². The summed E-state index contributed by atoms with van der Waals surface area (Å²) in [5, 5.41) is 12.7. The third-order valence-corrected chi connectivity index (χ3v) is 4.75. The summed E-state index contributed by atoms with van der Waals surface area (Å²) in [7, 11) is 1.83. The van der Waals surface area contributed by atoms with Crippen molar-refractivity contribution >= 4 is 5.91 Å². The molecule has 0 bridgehead atoms. The van der Waals surface area contributed by atoms with Gasteiger partial charge in [-0.15, -0.1) is 10.2 Å². The molecule has 0 aliphatic rings. The maximum atomic E-state index is 12.7. The zero-order chi connectivity index (χ0) is 21.0. The monoisotopic (exact) mass is 395 g/mol. The molecule has 0 saturated heterocycles. The van der Waals surface area contributed by atoms with Crippen LogP contribution in [0.5, 0.6) is 0 Å². The summed E-state index contributed by atoms with van der Waals surface area (Å²) < 4.78 is 7.44. The van der Waals surface area contributed by atoms with Crippen molar-refractivity contribution in [2.45, 2.75) is 47.0 Å². The van der Waals surface area contributed by atoms with Crippen LogP contribution in [0, 0.1) is 12.8 Å². The highest BCUT2D eigenvalue weighted by Gasteiger charge is 2.17. The Hall–Kier alpha value is -2.96. The molecule has 7 heteroatoms. The molecule has 154 valence electrons. The molecule has 0 atom stereocenters. The van der Waals surface area contributed by atoms with Crippen molar-refractivity contribution in [2.24, 2.45) is 5.92 Å². The van der Waals surface area contributed by atoms with Gasteiger partial charge in [0.05, 0.1) is 5.69 Å². The molecule has 3 aromatic rings. The first kappa shape index (κ1) is 20.8. The maximum absolute atomic E-state index is 12.7. The minimum atomic E-state index is 0.0114. The number of hydrogen-bond donors (Lipinski definition) is 0. The molecule has 0 fully saturated rings. The molecule has 3 rings (SSSR count). The van der Waals surface area contributed by atoms with E-state index in [1.807, 2.05) is 42.1 Å². The van der Waals surface area contributed by atoms with E-state index in [9.17, 15) is 4.79 Å². The second-order valence-corrected chi connectivity index (χ2v) is 7.77. The molecule has 2 heterocycles. The van der Waals surface area contributed by atoms with E-state index in [4.69, 9.17) is 9.52 Å². The van der Waals surface area contributed by atoms with Gasteiger partial charge in [-0.25, -0.2) is 4.68 Å². The van der Waals surface area contributed by atoms with E-state index in [2.05, 4.69) is 31.0 Å². The minimum Gasteiger partial charge on any atom is -0.420 e. The Bertz CT molecular complexity index is 973. The Morgan fingerprint density at radius 2 is 2.03 bits per heavy atom. The molecule has 7 nitrogen and oxygen atoms in total. The van der Waals surface area contributed by atoms with Crippen molar-refractivity contribution in [3.05, 3.63) is 47.5 Å². The lowest BCUT2D eigenvalue weighted by molar-refractivity contribution is 0.0795. The van der Waals surface area contributed by atoms with Gasteiger partial charge in [-0.2, -0.15) is 5.10 Å². The lowest BCUT2D eigenvalue weighted by atomic mass is 10.1. The zero-order valence-electron chi connectivity index (χ0n) is 17.8. The van der Waals surface area contributed by atoms with Crippen molar-refractivity contribution in [1.82, 2.24) is 24.9 Å². The molecule has 0 aliphatic heterocycles. The van der Waals surface area contributed by atoms with Crippen LogP contribution in [0.1, 0.15) is 55.6 Å². The van der Waals surface area contributed by atoms with Crippen LogP contribution < -0.4 is 0 Å². The number of rotatable bonds is 8. The Labute approximate surface area is 171 Å². The Kier molecular flexibility index (Phi) is 6.46. The summed E-state index contributed by atoms with van der Waals surface area (Å²) >= 11 is 0. The molecule has 0 saturated carbocycles. The number of carbonyl (C=O) groups excluding carboxylic acids is 1. The summed E-state index contributed by atoms with van der Waals surface area (Å²) in [5.74, 6) is 1.49. The molecule has 1 aromatic carbocycles. The predicted molar refractivity (Wildman–Crippen MR) is 112 cm³/mol. The highest BCUT2D eigenvalue weighted by Crippen LogP contribution is 2.23. The van der Waals surface area contributed by atoms with Gasteiger partial charge in [0.15, 0.2) is 0 Å². The highest BCUT2D eigenvalue weighted by atomic mass is 16.4. The lowest BCUT2D eigenvalue weighted by Gasteiger charge is -2.17. The summed E-state index contributed by atoms with van der Waals surface area (Å²) in [5.41, 5.74) is 3.20. The third kappa shape index (κ3) is 4.91. The Morgan fingerprint density at radius 1 is 1.24 bits per heavy atom. The number of carbonyl (C=O) groups is 1. The molecule has 29 heavy (non-hydrogen) atoms. The van der Waals surface area contributed by atoms with E-state index in [1.165, 1.54) is 0 Å². The largest absolute Gasteiger partial charge is 0.420 e. The minimum absolute atomic E-state index is 0.0114. The molecule has 0 spiro atoms. The van der Waals surface area contributed by atoms with Crippen LogP contribution in [0.2, 0.25) is 0 Å². The van der Waals surface area contributed by atoms with E-state index in [-0.39, 0.29) is 5.91 Å². The fourth-order valence-corrected chi connectivity index (χ4v) is 3.19. The fraction of sp³-hybridized carbons (Fsp3) is 0.455. The smallest absolute Gasteiger partial charge is 0.268 e. The molecule has 0 radical (unpaired) electrons. The molecule has 0 unspecified atom stereocenters. The van der Waals surface area contributed by atoms with Crippen molar-refractivity contribution in [3.8, 4) is 17.3 Å². The van der Waals surface area contributed by atoms with Crippen LogP contribution in [-0.4, -0.2) is 44.4 Å². The number of hydrogen-bond acceptors (Lipinski definition) is 5. The van der Waals surface area contributed by atoms with Crippen molar-refractivity contribution in [1.29, 1.82) is 0 Å². The second-order valence-electron chi connectivity index (χ2n) is 7.77. The molecular weight excluding hydrogens is 366 g/mol. The standard InChI is InChI=1S/C22H29N5O2/c1-6-12-26(5)22(28)17-8-7-9-18(13-17)27-19(11-10-15(2)3)14-20(25-27)21-24-23-16(4)29-21/h7-9,13-15H,6,10-12H2,1-5H3. The van der Waals surface area contributed by atoms with Crippen molar-refractivity contribution < 1.29 is 9.21 Å². The third-order valence-electron chi connectivity index (χ3n) is 4.75. The van der Waals surface area contributed by atoms with E-state index >= 15 is 0 Å². The summed E-state index contributed by atoms with van der Waals surface area (Å²) in [4.78, 5) is 14.5. The van der Waals surface area contributed by atoms with Crippen LogP contribution in [0.4, 0.5) is 0 Å². The van der Waals surface area contributed by atoms with Gasteiger partial charge >= 0.3 is 0 Å². The molecule has 2 aromatic heterocycles. The van der Waals surface area contributed by atoms with E-state index in [0.717, 1.165) is 37.2 Å². The lowest BCUT2D eigenvalue weighted by Crippen LogP contribution is -2.27. The number of nitrogens with zero attached hydrogens (tertiary/aromatic N) is 5. The van der Waals surface area contributed by atoms with Crippen molar-refractivity contribution in [2.75, 3.05) is 13.6 Å². The number of benzene rings is 1. The Balaban J connectivity index is 1.99. The second kappa shape index (κ2) is 9.03. The molecular formula is C22H29N5O2. The van der Waals surface area contributed by atoms with Crippen LogP contribution in [-0.2, 0) is 6.42 Å². The Morgan fingerprint density at radius 3 is 2.69 bits per heavy atom. The zero-order valence-corrected chi connectivity index (χ0v) is 17.8. The first-order valence-corrected chi connectivity index (χ1v) is 10.1. The van der Waals surface area contributed by atoms with Gasteiger partial charge in [-0.1, -0.05) is 26.8 Å². The van der Waals surface area contributed by atoms with Crippen LogP contribution in [0.15, 0.2) is 34.7 Å². The van der Waals surface area contributed by atoms with Gasteiger partial charge in [0.1, 0.15) is 5.69 Å². The van der Waals surface area contributed by atoms with Gasteiger partial charge < -0.3 is 9.32 Å². The van der Waals surface area contributed by atoms with Crippen LogP contribution >= 0.6 is 0 Å². The van der Waals surface area contributed by atoms with Gasteiger partial charge in [0.2, 0.25) is 5.89 Å². The summed E-state index contributed by atoms with van der Waals surface area (Å²) in [6, 6.07) is 9.59. The van der Waals surface area contributed by atoms with Gasteiger partial charge in [-0.05, 0) is 49.4 Å². The van der Waals surface area contributed by atoms with Crippen LogP contribution in [0.25, 0.3) is 17.3 Å². The first-order valence-electron chi connectivity index (χ1n) is 10.1. The number of amides is 1. The molecule has 0 N–H and O–H groups in total. The van der Waals surface area contributed by atoms with Gasteiger partial charge in [0, 0.05) is 31.8 Å². The maximum Gasteiger partial charge on any atom is 0.268 e. The molecule has 1 amide bonds. The normalized spacial score (nSPS) is 11.2.